The fourth-order valence-corrected chi connectivity index (χ4v) is 7.09. The molecule has 3 aliphatic rings. The molecule has 1 aromatic heterocycles. The summed E-state index contributed by atoms with van der Waals surface area (Å²) in [5.41, 5.74) is 3.75. The number of rotatable bonds is 6. The highest BCUT2D eigenvalue weighted by Gasteiger charge is 2.48. The van der Waals surface area contributed by atoms with Crippen molar-refractivity contribution < 1.29 is 14.6 Å². The van der Waals surface area contributed by atoms with Gasteiger partial charge in [-0.25, -0.2) is 0 Å². The van der Waals surface area contributed by atoms with Crippen LogP contribution in [0.15, 0.2) is 35.2 Å². The maximum Gasteiger partial charge on any atom is 0.266 e. The minimum atomic E-state index is 0.0391. The largest absolute Gasteiger partial charge is 0.497 e. The van der Waals surface area contributed by atoms with Gasteiger partial charge in [-0.3, -0.25) is 9.69 Å². The SMILES string of the molecule is COc1cccc(-c2c(C#CCCCO)cc(C=C3SC(=S)N(C4CC5CCC4C5)C3=O)n2C)c1. The van der Waals surface area contributed by atoms with Crippen LogP contribution in [0.4, 0.5) is 0 Å². The molecule has 1 saturated heterocycles. The first kappa shape index (κ1) is 24.2. The summed E-state index contributed by atoms with van der Waals surface area (Å²) in [6.07, 6.45) is 8.06. The van der Waals surface area contributed by atoms with Crippen LogP contribution in [0.3, 0.4) is 0 Å². The van der Waals surface area contributed by atoms with Crippen LogP contribution in [-0.2, 0) is 11.8 Å². The van der Waals surface area contributed by atoms with Crippen molar-refractivity contribution in [2.75, 3.05) is 13.7 Å². The predicted molar refractivity (Wildman–Crippen MR) is 145 cm³/mol. The van der Waals surface area contributed by atoms with E-state index >= 15 is 0 Å². The van der Waals surface area contributed by atoms with E-state index in [1.807, 2.05) is 48.4 Å². The molecule has 1 aliphatic heterocycles. The molecular weight excluding hydrogens is 476 g/mol. The molecule has 1 aromatic carbocycles. The number of benzene rings is 1. The van der Waals surface area contributed by atoms with Crippen LogP contribution in [0.25, 0.3) is 17.3 Å². The van der Waals surface area contributed by atoms with Crippen molar-refractivity contribution in [1.29, 1.82) is 0 Å². The molecule has 5 rings (SSSR count). The van der Waals surface area contributed by atoms with E-state index in [9.17, 15) is 4.79 Å². The lowest BCUT2D eigenvalue weighted by atomic mass is 9.94. The zero-order chi connectivity index (χ0) is 24.5. The Bertz CT molecular complexity index is 1250. The monoisotopic (exact) mass is 506 g/mol. The van der Waals surface area contributed by atoms with E-state index in [1.54, 1.807) is 7.11 Å². The molecular formula is C28H30N2O3S2. The molecule has 5 nitrogen and oxygen atoms in total. The number of hydrogen-bond donors (Lipinski definition) is 1. The van der Waals surface area contributed by atoms with E-state index < -0.39 is 0 Å². The minimum Gasteiger partial charge on any atom is -0.497 e. The van der Waals surface area contributed by atoms with Crippen molar-refractivity contribution in [1.82, 2.24) is 9.47 Å². The summed E-state index contributed by atoms with van der Waals surface area (Å²) in [4.78, 5) is 16.0. The number of aliphatic hydroxyl groups is 1. The molecule has 182 valence electrons. The highest BCUT2D eigenvalue weighted by Crippen LogP contribution is 2.49. The topological polar surface area (TPSA) is 54.7 Å². The second kappa shape index (κ2) is 10.2. The van der Waals surface area contributed by atoms with Gasteiger partial charge in [0, 0.05) is 37.4 Å². The van der Waals surface area contributed by atoms with Crippen LogP contribution < -0.4 is 4.74 Å². The second-order valence-corrected chi connectivity index (χ2v) is 11.2. The van der Waals surface area contributed by atoms with Gasteiger partial charge in [-0.05, 0) is 61.8 Å². The maximum atomic E-state index is 13.5. The molecule has 35 heavy (non-hydrogen) atoms. The van der Waals surface area contributed by atoms with Gasteiger partial charge in [-0.15, -0.1) is 0 Å². The van der Waals surface area contributed by atoms with Crippen molar-refractivity contribution in [3.63, 3.8) is 0 Å². The summed E-state index contributed by atoms with van der Waals surface area (Å²) in [5, 5.41) is 9.10. The third kappa shape index (κ3) is 4.67. The molecule has 2 saturated carbocycles. The number of methoxy groups -OCH3 is 1. The molecule has 1 amide bonds. The summed E-state index contributed by atoms with van der Waals surface area (Å²) in [6.45, 7) is 0.127. The van der Waals surface area contributed by atoms with Gasteiger partial charge in [0.2, 0.25) is 0 Å². The molecule has 3 unspecified atom stereocenters. The van der Waals surface area contributed by atoms with Gasteiger partial charge in [-0.2, -0.15) is 0 Å². The number of hydrogen-bond acceptors (Lipinski definition) is 5. The molecule has 0 spiro atoms. The summed E-state index contributed by atoms with van der Waals surface area (Å²) in [7, 11) is 3.65. The number of fused-ring (bicyclic) bond motifs is 2. The number of thioether (sulfide) groups is 1. The first-order chi connectivity index (χ1) is 17.0. The molecule has 2 aromatic rings. The Hall–Kier alpha value is -2.53. The van der Waals surface area contributed by atoms with Gasteiger partial charge in [0.15, 0.2) is 0 Å². The molecule has 2 bridgehead atoms. The first-order valence-electron chi connectivity index (χ1n) is 12.2. The van der Waals surface area contributed by atoms with Crippen LogP contribution >= 0.6 is 24.0 Å². The van der Waals surface area contributed by atoms with Crippen molar-refractivity contribution >= 4 is 40.3 Å². The van der Waals surface area contributed by atoms with Gasteiger partial charge >= 0.3 is 0 Å². The lowest BCUT2D eigenvalue weighted by molar-refractivity contribution is -0.124. The number of nitrogens with zero attached hydrogens (tertiary/aromatic N) is 2. The predicted octanol–water partition coefficient (Wildman–Crippen LogP) is 5.21. The van der Waals surface area contributed by atoms with E-state index in [0.717, 1.165) is 40.6 Å². The Labute approximate surface area is 216 Å². The van der Waals surface area contributed by atoms with E-state index in [1.165, 1.54) is 31.0 Å². The molecule has 7 heteroatoms. The molecule has 3 fully saturated rings. The van der Waals surface area contributed by atoms with Crippen molar-refractivity contribution in [2.45, 2.75) is 44.6 Å². The van der Waals surface area contributed by atoms with Crippen LogP contribution in [0, 0.1) is 23.7 Å². The number of unbranched alkanes of at least 4 members (excludes halogenated alkanes) is 1. The number of carbonyl (C=O) groups excluding carboxylic acids is 1. The van der Waals surface area contributed by atoms with E-state index in [0.29, 0.717) is 28.0 Å². The Morgan fingerprint density at radius 3 is 2.86 bits per heavy atom. The first-order valence-corrected chi connectivity index (χ1v) is 13.4. The minimum absolute atomic E-state index is 0.0391. The average Bonchev–Trinajstić information content (AvgIpc) is 3.61. The third-order valence-electron chi connectivity index (χ3n) is 7.43. The lowest BCUT2D eigenvalue weighted by Gasteiger charge is -2.30. The normalized spacial score (nSPS) is 24.4. The fraction of sp³-hybridized carbons (Fsp3) is 0.429. The number of aromatic nitrogens is 1. The summed E-state index contributed by atoms with van der Waals surface area (Å²) in [5.74, 6) is 8.62. The summed E-state index contributed by atoms with van der Waals surface area (Å²) < 4.78 is 8.20. The summed E-state index contributed by atoms with van der Waals surface area (Å²) in [6, 6.07) is 10.2. The number of thiocarbonyl (C=S) groups is 1. The van der Waals surface area contributed by atoms with Gasteiger partial charge in [0.25, 0.3) is 5.91 Å². The molecule has 3 atom stereocenters. The Morgan fingerprint density at radius 1 is 1.29 bits per heavy atom. The van der Waals surface area contributed by atoms with Crippen molar-refractivity contribution in [3.8, 4) is 28.8 Å². The summed E-state index contributed by atoms with van der Waals surface area (Å²) >= 11 is 7.09. The van der Waals surface area contributed by atoms with E-state index in [4.69, 9.17) is 22.1 Å². The van der Waals surface area contributed by atoms with Crippen LogP contribution in [0.2, 0.25) is 0 Å². The molecule has 2 aliphatic carbocycles. The zero-order valence-corrected chi connectivity index (χ0v) is 21.8. The molecule has 2 heterocycles. The van der Waals surface area contributed by atoms with E-state index in [-0.39, 0.29) is 18.6 Å². The highest BCUT2D eigenvalue weighted by molar-refractivity contribution is 8.26. The molecule has 0 radical (unpaired) electrons. The third-order valence-corrected chi connectivity index (χ3v) is 8.76. The number of amides is 1. The Balaban J connectivity index is 1.49. The standard InChI is InChI=1S/C28H30N2O3S2/c1-29-22(17-25-27(32)30(28(34)35-25)24-14-18-10-11-19(24)13-18)15-20(7-4-3-5-12-31)26(29)21-8-6-9-23(16-21)33-2/h6,8-9,15-19,24,31H,3,5,10-14H2,1-2H3. The van der Waals surface area contributed by atoms with Gasteiger partial charge in [-0.1, -0.05) is 54.4 Å². The van der Waals surface area contributed by atoms with Crippen LogP contribution in [-0.4, -0.2) is 44.6 Å². The van der Waals surface area contributed by atoms with Gasteiger partial charge in [0.05, 0.1) is 23.3 Å². The van der Waals surface area contributed by atoms with E-state index in [2.05, 4.69) is 16.4 Å². The Kier molecular flexibility index (Phi) is 7.06. The van der Waals surface area contributed by atoms with Crippen LogP contribution in [0.1, 0.15) is 49.8 Å². The van der Waals surface area contributed by atoms with Crippen molar-refractivity contribution in [3.05, 3.63) is 46.5 Å². The fourth-order valence-electron chi connectivity index (χ4n) is 5.73. The van der Waals surface area contributed by atoms with Crippen LogP contribution in [0.5, 0.6) is 5.75 Å². The van der Waals surface area contributed by atoms with Crippen molar-refractivity contribution in [2.24, 2.45) is 18.9 Å². The average molecular weight is 507 g/mol. The number of carbonyl (C=O) groups is 1. The second-order valence-electron chi connectivity index (χ2n) is 9.55. The molecule has 1 N–H and O–H groups in total. The lowest BCUT2D eigenvalue weighted by Crippen LogP contribution is -2.41. The van der Waals surface area contributed by atoms with Gasteiger partial charge in [0.1, 0.15) is 10.1 Å². The van der Waals surface area contributed by atoms with Gasteiger partial charge < -0.3 is 14.4 Å². The zero-order valence-electron chi connectivity index (χ0n) is 20.1. The highest BCUT2D eigenvalue weighted by atomic mass is 32.2. The Morgan fingerprint density at radius 2 is 2.14 bits per heavy atom. The quantitative estimate of drug-likeness (QED) is 0.252. The maximum absolute atomic E-state index is 13.5. The number of ether oxygens (including phenoxy) is 1. The smallest absolute Gasteiger partial charge is 0.266 e. The number of aliphatic hydroxyl groups excluding tert-OH is 1.